The Hall–Kier alpha value is -1.06. The Balaban J connectivity index is 1.65. The van der Waals surface area contributed by atoms with Crippen LogP contribution in [0.15, 0.2) is 18.2 Å². The lowest BCUT2D eigenvalue weighted by molar-refractivity contribution is 0.172. The number of rotatable bonds is 1. The maximum atomic E-state index is 6.09. The average Bonchev–Trinajstić information content (AvgIpc) is 2.83. The van der Waals surface area contributed by atoms with Crippen LogP contribution in [0.2, 0.25) is 5.02 Å². The van der Waals surface area contributed by atoms with Crippen molar-refractivity contribution in [2.75, 3.05) is 0 Å². The Morgan fingerprint density at radius 1 is 1.19 bits per heavy atom. The lowest BCUT2D eigenvalue weighted by atomic mass is 9.77. The molecule has 0 spiro atoms. The van der Waals surface area contributed by atoms with E-state index in [4.69, 9.17) is 16.6 Å². The molecule has 1 aliphatic heterocycles. The zero-order valence-electron chi connectivity index (χ0n) is 12.5. The smallest absolute Gasteiger partial charge is 0.126 e. The predicted molar refractivity (Wildman–Crippen MR) is 86.6 cm³/mol. The number of benzene rings is 1. The summed E-state index contributed by atoms with van der Waals surface area (Å²) in [5.41, 5.74) is 2.18. The van der Waals surface area contributed by atoms with Gasteiger partial charge in [-0.05, 0) is 49.8 Å². The second kappa shape index (κ2) is 5.29. The van der Waals surface area contributed by atoms with Crippen LogP contribution in [-0.4, -0.2) is 15.6 Å². The van der Waals surface area contributed by atoms with Crippen LogP contribution in [0.4, 0.5) is 0 Å². The zero-order chi connectivity index (χ0) is 14.4. The van der Waals surface area contributed by atoms with Crippen molar-refractivity contribution in [2.24, 2.45) is 13.0 Å². The number of halogens is 1. The van der Waals surface area contributed by atoms with E-state index in [1.165, 1.54) is 44.0 Å². The number of aryl methyl sites for hydroxylation is 1. The van der Waals surface area contributed by atoms with Gasteiger partial charge in [-0.25, -0.2) is 4.98 Å². The number of hydrogen-bond donors (Lipinski definition) is 1. The molecule has 2 aliphatic rings. The summed E-state index contributed by atoms with van der Waals surface area (Å²) in [6, 6.07) is 7.06. The molecule has 3 nitrogen and oxygen atoms in total. The molecule has 0 bridgehead atoms. The van der Waals surface area contributed by atoms with Crippen LogP contribution in [0.3, 0.4) is 0 Å². The third-order valence-corrected chi connectivity index (χ3v) is 5.57. The highest BCUT2D eigenvalue weighted by Gasteiger charge is 2.33. The Labute approximate surface area is 130 Å². The molecule has 0 amide bonds. The van der Waals surface area contributed by atoms with E-state index in [0.29, 0.717) is 12.1 Å². The number of nitrogens with zero attached hydrogens (tertiary/aromatic N) is 2. The van der Waals surface area contributed by atoms with Crippen LogP contribution in [0.5, 0.6) is 0 Å². The molecule has 3 unspecified atom stereocenters. The summed E-state index contributed by atoms with van der Waals surface area (Å²) in [4.78, 5) is 4.85. The van der Waals surface area contributed by atoms with Crippen LogP contribution in [0.1, 0.15) is 50.4 Å². The van der Waals surface area contributed by atoms with Crippen molar-refractivity contribution in [3.63, 3.8) is 0 Å². The standard InChI is InChI=1S/C17H22ClN3/c1-21-16-9-7-12(18)10-15(16)20-17(21)14-8-6-11-4-2-3-5-13(11)19-14/h7,9-11,13-14,19H,2-6,8H2,1H3. The van der Waals surface area contributed by atoms with Crippen molar-refractivity contribution in [1.29, 1.82) is 0 Å². The van der Waals surface area contributed by atoms with Crippen molar-refractivity contribution < 1.29 is 0 Å². The maximum absolute atomic E-state index is 6.09. The third-order valence-electron chi connectivity index (χ3n) is 5.34. The minimum Gasteiger partial charge on any atom is -0.330 e. The normalized spacial score (nSPS) is 29.5. The molecule has 0 radical (unpaired) electrons. The summed E-state index contributed by atoms with van der Waals surface area (Å²) in [5, 5.41) is 4.63. The van der Waals surface area contributed by atoms with Crippen molar-refractivity contribution >= 4 is 22.6 Å². The molecular formula is C17H22ClN3. The molecule has 2 heterocycles. The van der Waals surface area contributed by atoms with Gasteiger partial charge in [0.15, 0.2) is 0 Å². The Morgan fingerprint density at radius 3 is 2.95 bits per heavy atom. The number of aromatic nitrogens is 2. The highest BCUT2D eigenvalue weighted by molar-refractivity contribution is 6.31. The molecule has 1 aliphatic carbocycles. The predicted octanol–water partition coefficient (Wildman–Crippen LogP) is 4.21. The van der Waals surface area contributed by atoms with Gasteiger partial charge >= 0.3 is 0 Å². The van der Waals surface area contributed by atoms with Gasteiger partial charge in [0, 0.05) is 18.1 Å². The third kappa shape index (κ3) is 2.36. The summed E-state index contributed by atoms with van der Waals surface area (Å²) in [6.07, 6.45) is 8.06. The lowest BCUT2D eigenvalue weighted by Crippen LogP contribution is -2.45. The van der Waals surface area contributed by atoms with E-state index in [0.717, 1.165) is 22.3 Å². The minimum absolute atomic E-state index is 0.389. The molecule has 2 aromatic rings. The molecule has 2 fully saturated rings. The van der Waals surface area contributed by atoms with Gasteiger partial charge in [-0.15, -0.1) is 0 Å². The van der Waals surface area contributed by atoms with Crippen LogP contribution in [-0.2, 0) is 7.05 Å². The summed E-state index contributed by atoms with van der Waals surface area (Å²) in [5.74, 6) is 2.05. The second-order valence-corrected chi connectivity index (χ2v) is 7.05. The topological polar surface area (TPSA) is 29.9 Å². The van der Waals surface area contributed by atoms with Crippen LogP contribution < -0.4 is 5.32 Å². The molecule has 4 heteroatoms. The fraction of sp³-hybridized carbons (Fsp3) is 0.588. The second-order valence-electron chi connectivity index (χ2n) is 6.61. The zero-order valence-corrected chi connectivity index (χ0v) is 13.2. The van der Waals surface area contributed by atoms with Gasteiger partial charge in [0.1, 0.15) is 5.82 Å². The number of fused-ring (bicyclic) bond motifs is 2. The van der Waals surface area contributed by atoms with Crippen molar-refractivity contribution in [3.8, 4) is 0 Å². The summed E-state index contributed by atoms with van der Waals surface area (Å²) >= 11 is 6.09. The fourth-order valence-corrected chi connectivity index (χ4v) is 4.37. The van der Waals surface area contributed by atoms with Gasteiger partial charge in [-0.1, -0.05) is 24.4 Å². The number of nitrogens with one attached hydrogen (secondary N) is 1. The number of imidazole rings is 1. The van der Waals surface area contributed by atoms with Crippen molar-refractivity contribution in [1.82, 2.24) is 14.9 Å². The molecule has 1 saturated heterocycles. The minimum atomic E-state index is 0.389. The molecule has 1 N–H and O–H groups in total. The van der Waals surface area contributed by atoms with Gasteiger partial charge in [0.05, 0.1) is 17.1 Å². The number of piperidine rings is 1. The average molecular weight is 304 g/mol. The maximum Gasteiger partial charge on any atom is 0.126 e. The van der Waals surface area contributed by atoms with Gasteiger partial charge in [0.2, 0.25) is 0 Å². The molecule has 112 valence electrons. The Bertz CT molecular complexity index is 663. The van der Waals surface area contributed by atoms with E-state index < -0.39 is 0 Å². The van der Waals surface area contributed by atoms with Gasteiger partial charge in [0.25, 0.3) is 0 Å². The van der Waals surface area contributed by atoms with Gasteiger partial charge in [-0.2, -0.15) is 0 Å². The molecule has 1 aromatic carbocycles. The van der Waals surface area contributed by atoms with E-state index in [1.807, 2.05) is 12.1 Å². The van der Waals surface area contributed by atoms with Crippen LogP contribution in [0.25, 0.3) is 11.0 Å². The molecule has 21 heavy (non-hydrogen) atoms. The van der Waals surface area contributed by atoms with E-state index in [-0.39, 0.29) is 0 Å². The van der Waals surface area contributed by atoms with Crippen molar-refractivity contribution in [2.45, 2.75) is 50.6 Å². The highest BCUT2D eigenvalue weighted by atomic mass is 35.5. The van der Waals surface area contributed by atoms with E-state index >= 15 is 0 Å². The molecule has 1 saturated carbocycles. The Morgan fingerprint density at radius 2 is 2.05 bits per heavy atom. The van der Waals surface area contributed by atoms with Gasteiger partial charge in [-0.3, -0.25) is 0 Å². The monoisotopic (exact) mass is 303 g/mol. The number of hydrogen-bond acceptors (Lipinski definition) is 2. The summed E-state index contributed by atoms with van der Waals surface area (Å²) < 4.78 is 2.23. The van der Waals surface area contributed by atoms with E-state index in [2.05, 4.69) is 23.0 Å². The first-order chi connectivity index (χ1) is 10.2. The Kier molecular flexibility index (Phi) is 3.43. The quantitative estimate of drug-likeness (QED) is 0.855. The first kappa shape index (κ1) is 13.6. The highest BCUT2D eigenvalue weighted by Crippen LogP contribution is 2.37. The fourth-order valence-electron chi connectivity index (χ4n) is 4.20. The van der Waals surface area contributed by atoms with Gasteiger partial charge < -0.3 is 9.88 Å². The molecule has 4 rings (SSSR count). The lowest BCUT2D eigenvalue weighted by Gasteiger charge is -2.40. The SMILES string of the molecule is Cn1c(C2CCC3CCCCC3N2)nc2cc(Cl)ccc21. The molecule has 1 aromatic heterocycles. The largest absolute Gasteiger partial charge is 0.330 e. The van der Waals surface area contributed by atoms with E-state index in [9.17, 15) is 0 Å². The first-order valence-electron chi connectivity index (χ1n) is 8.10. The van der Waals surface area contributed by atoms with E-state index in [1.54, 1.807) is 0 Å². The summed E-state index contributed by atoms with van der Waals surface area (Å²) in [7, 11) is 2.12. The molecular weight excluding hydrogens is 282 g/mol. The molecule has 3 atom stereocenters. The first-order valence-corrected chi connectivity index (χ1v) is 8.48. The van der Waals surface area contributed by atoms with Crippen LogP contribution >= 0.6 is 11.6 Å². The van der Waals surface area contributed by atoms with Crippen molar-refractivity contribution in [3.05, 3.63) is 29.0 Å². The summed E-state index contributed by atoms with van der Waals surface area (Å²) in [6.45, 7) is 0. The van der Waals surface area contributed by atoms with Crippen LogP contribution in [0, 0.1) is 5.92 Å².